The number of carbonyl (C=O) groups excluding carboxylic acids is 1. The zero-order valence-corrected chi connectivity index (χ0v) is 13.8. The number of ether oxygens (including phenoxy) is 3. The fourth-order valence-electron chi connectivity index (χ4n) is 2.36. The number of fused-ring (bicyclic) bond motifs is 1. The van der Waals surface area contributed by atoms with Gasteiger partial charge in [-0.1, -0.05) is 0 Å². The highest BCUT2D eigenvalue weighted by molar-refractivity contribution is 5.97. The van der Waals surface area contributed by atoms with E-state index in [2.05, 4.69) is 15.6 Å². The molecular weight excluding hydrogens is 310 g/mol. The first kappa shape index (κ1) is 15.9. The molecule has 0 saturated carbocycles. The molecule has 24 heavy (non-hydrogen) atoms. The summed E-state index contributed by atoms with van der Waals surface area (Å²) in [7, 11) is 3.23. The Balaban J connectivity index is 1.74. The Bertz CT molecular complexity index is 763. The first-order chi connectivity index (χ1) is 11.6. The van der Waals surface area contributed by atoms with Gasteiger partial charge in [0.2, 0.25) is 5.88 Å². The average molecular weight is 329 g/mol. The highest BCUT2D eigenvalue weighted by Gasteiger charge is 2.24. The number of carbonyl (C=O) groups is 1. The largest absolute Gasteiger partial charge is 0.497 e. The molecule has 126 valence electrons. The Morgan fingerprint density at radius 3 is 2.83 bits per heavy atom. The molecule has 2 heterocycles. The van der Waals surface area contributed by atoms with E-state index in [4.69, 9.17) is 14.2 Å². The Kier molecular flexibility index (Phi) is 4.41. The summed E-state index contributed by atoms with van der Waals surface area (Å²) in [6.45, 7) is 2.21. The molecule has 1 aromatic carbocycles. The number of methoxy groups -OCH3 is 2. The number of pyridine rings is 1. The molecule has 0 saturated heterocycles. The van der Waals surface area contributed by atoms with Gasteiger partial charge in [-0.15, -0.1) is 0 Å². The van der Waals surface area contributed by atoms with Gasteiger partial charge in [0.25, 0.3) is 5.91 Å². The van der Waals surface area contributed by atoms with Gasteiger partial charge in [0.15, 0.2) is 6.10 Å². The Morgan fingerprint density at radius 1 is 1.25 bits per heavy atom. The van der Waals surface area contributed by atoms with Crippen LogP contribution in [0.1, 0.15) is 12.5 Å². The molecule has 0 aliphatic carbocycles. The van der Waals surface area contributed by atoms with Gasteiger partial charge in [0.05, 0.1) is 14.2 Å². The minimum atomic E-state index is -0.554. The second-order valence-corrected chi connectivity index (χ2v) is 5.33. The summed E-state index contributed by atoms with van der Waals surface area (Å²) in [5, 5.41) is 5.98. The van der Waals surface area contributed by atoms with Crippen molar-refractivity contribution in [1.29, 1.82) is 0 Å². The molecule has 1 aromatic heterocycles. The van der Waals surface area contributed by atoms with Gasteiger partial charge in [-0.3, -0.25) is 4.79 Å². The molecule has 2 N–H and O–H groups in total. The fraction of sp³-hybridized carbons (Fsp3) is 0.294. The van der Waals surface area contributed by atoms with Crippen LogP contribution in [0.5, 0.6) is 17.4 Å². The van der Waals surface area contributed by atoms with Crippen molar-refractivity contribution in [2.45, 2.75) is 19.6 Å². The van der Waals surface area contributed by atoms with Crippen LogP contribution < -0.4 is 24.8 Å². The van der Waals surface area contributed by atoms with Crippen molar-refractivity contribution >= 4 is 17.4 Å². The molecule has 1 amide bonds. The number of aromatic nitrogens is 1. The molecule has 7 nitrogen and oxygen atoms in total. The number of nitrogens with zero attached hydrogens (tertiary/aromatic N) is 1. The molecule has 0 bridgehead atoms. The maximum absolute atomic E-state index is 11.6. The lowest BCUT2D eigenvalue weighted by atomic mass is 10.2. The standard InChI is InChI=1S/C17H19N3O4/c1-10-16(21)19-13-6-7-15(20-17(13)24-10)18-9-11-4-5-12(22-2)8-14(11)23-3/h4-8,10H,9H2,1-3H3,(H,18,20)(H,19,21). The van der Waals surface area contributed by atoms with Crippen molar-refractivity contribution in [2.75, 3.05) is 24.9 Å². The predicted octanol–water partition coefficient (Wildman–Crippen LogP) is 2.43. The lowest BCUT2D eigenvalue weighted by molar-refractivity contribution is -0.122. The smallest absolute Gasteiger partial charge is 0.265 e. The second-order valence-electron chi connectivity index (χ2n) is 5.33. The van der Waals surface area contributed by atoms with Crippen molar-refractivity contribution in [3.8, 4) is 17.4 Å². The maximum atomic E-state index is 11.6. The number of rotatable bonds is 5. The van der Waals surface area contributed by atoms with Crippen LogP contribution in [0, 0.1) is 0 Å². The van der Waals surface area contributed by atoms with E-state index in [-0.39, 0.29) is 5.91 Å². The molecule has 1 atom stereocenters. The number of benzene rings is 1. The first-order valence-corrected chi connectivity index (χ1v) is 7.54. The number of nitrogens with one attached hydrogen (secondary N) is 2. The number of hydrogen-bond donors (Lipinski definition) is 2. The molecule has 1 aliphatic rings. The molecule has 7 heteroatoms. The minimum Gasteiger partial charge on any atom is -0.497 e. The van der Waals surface area contributed by atoms with E-state index in [0.29, 0.717) is 23.9 Å². The normalized spacial score (nSPS) is 15.8. The van der Waals surface area contributed by atoms with Gasteiger partial charge in [-0.05, 0) is 31.2 Å². The highest BCUT2D eigenvalue weighted by Crippen LogP contribution is 2.30. The third-order valence-electron chi connectivity index (χ3n) is 3.73. The molecule has 1 aliphatic heterocycles. The second kappa shape index (κ2) is 6.66. The summed E-state index contributed by atoms with van der Waals surface area (Å²) < 4.78 is 16.1. The van der Waals surface area contributed by atoms with E-state index < -0.39 is 6.10 Å². The molecule has 0 radical (unpaired) electrons. The monoisotopic (exact) mass is 329 g/mol. The molecule has 1 unspecified atom stereocenters. The van der Waals surface area contributed by atoms with Gasteiger partial charge < -0.3 is 24.8 Å². The lowest BCUT2D eigenvalue weighted by Gasteiger charge is -2.22. The van der Waals surface area contributed by atoms with Gasteiger partial charge in [-0.2, -0.15) is 4.98 Å². The first-order valence-electron chi connectivity index (χ1n) is 7.54. The molecule has 2 aromatic rings. The van der Waals surface area contributed by atoms with Crippen LogP contribution in [-0.2, 0) is 11.3 Å². The van der Waals surface area contributed by atoms with Crippen LogP contribution in [0.15, 0.2) is 30.3 Å². The van der Waals surface area contributed by atoms with E-state index in [9.17, 15) is 4.79 Å². The van der Waals surface area contributed by atoms with Gasteiger partial charge >= 0.3 is 0 Å². The third kappa shape index (κ3) is 3.19. The number of hydrogen-bond acceptors (Lipinski definition) is 6. The quantitative estimate of drug-likeness (QED) is 0.877. The van der Waals surface area contributed by atoms with Gasteiger partial charge in [0.1, 0.15) is 23.0 Å². The van der Waals surface area contributed by atoms with E-state index in [1.165, 1.54) is 0 Å². The van der Waals surface area contributed by atoms with Crippen molar-refractivity contribution in [2.24, 2.45) is 0 Å². The summed E-state index contributed by atoms with van der Waals surface area (Å²) in [5.74, 6) is 2.36. The molecule has 0 spiro atoms. The van der Waals surface area contributed by atoms with Crippen LogP contribution in [-0.4, -0.2) is 31.2 Å². The van der Waals surface area contributed by atoms with Crippen molar-refractivity contribution in [3.05, 3.63) is 35.9 Å². The van der Waals surface area contributed by atoms with Crippen LogP contribution in [0.3, 0.4) is 0 Å². The molecular formula is C17H19N3O4. The zero-order valence-electron chi connectivity index (χ0n) is 13.8. The topological polar surface area (TPSA) is 81.7 Å². The summed E-state index contributed by atoms with van der Waals surface area (Å²) in [5.41, 5.74) is 1.55. The number of amides is 1. The van der Waals surface area contributed by atoms with Crippen LogP contribution in [0.4, 0.5) is 11.5 Å². The summed E-state index contributed by atoms with van der Waals surface area (Å²) >= 11 is 0. The summed E-state index contributed by atoms with van der Waals surface area (Å²) in [6.07, 6.45) is -0.554. The fourth-order valence-corrected chi connectivity index (χ4v) is 2.36. The summed E-state index contributed by atoms with van der Waals surface area (Å²) in [4.78, 5) is 16.0. The lowest BCUT2D eigenvalue weighted by Crippen LogP contribution is -2.34. The molecule has 3 rings (SSSR count). The summed E-state index contributed by atoms with van der Waals surface area (Å²) in [6, 6.07) is 9.19. The zero-order chi connectivity index (χ0) is 17.1. The maximum Gasteiger partial charge on any atom is 0.265 e. The van der Waals surface area contributed by atoms with Crippen molar-refractivity contribution in [3.63, 3.8) is 0 Å². The Hall–Kier alpha value is -2.96. The van der Waals surface area contributed by atoms with E-state index >= 15 is 0 Å². The Labute approximate surface area is 139 Å². The minimum absolute atomic E-state index is 0.173. The van der Waals surface area contributed by atoms with Gasteiger partial charge in [-0.25, -0.2) is 0 Å². The van der Waals surface area contributed by atoms with Crippen LogP contribution >= 0.6 is 0 Å². The Morgan fingerprint density at radius 2 is 2.08 bits per heavy atom. The SMILES string of the molecule is COc1ccc(CNc2ccc3c(n2)OC(C)C(=O)N3)c(OC)c1. The van der Waals surface area contributed by atoms with E-state index in [1.807, 2.05) is 18.2 Å². The van der Waals surface area contributed by atoms with Gasteiger partial charge in [0, 0.05) is 18.2 Å². The predicted molar refractivity (Wildman–Crippen MR) is 89.8 cm³/mol. The molecule has 0 fully saturated rings. The average Bonchev–Trinajstić information content (AvgIpc) is 2.60. The van der Waals surface area contributed by atoms with Crippen LogP contribution in [0.2, 0.25) is 0 Å². The van der Waals surface area contributed by atoms with Crippen molar-refractivity contribution < 1.29 is 19.0 Å². The van der Waals surface area contributed by atoms with E-state index in [1.54, 1.807) is 33.3 Å². The van der Waals surface area contributed by atoms with Crippen LogP contribution in [0.25, 0.3) is 0 Å². The number of anilines is 2. The highest BCUT2D eigenvalue weighted by atomic mass is 16.5. The third-order valence-corrected chi connectivity index (χ3v) is 3.73. The van der Waals surface area contributed by atoms with Crippen molar-refractivity contribution in [1.82, 2.24) is 4.98 Å². The van der Waals surface area contributed by atoms with E-state index in [0.717, 1.165) is 17.1 Å².